The minimum absolute atomic E-state index is 0.0560. The predicted octanol–water partition coefficient (Wildman–Crippen LogP) is 1.86. The molecule has 0 aromatic heterocycles. The van der Waals surface area contributed by atoms with Crippen molar-refractivity contribution in [3.05, 3.63) is 33.9 Å². The number of esters is 1. The van der Waals surface area contributed by atoms with Crippen molar-refractivity contribution in [2.45, 2.75) is 12.8 Å². The number of hydrogen-bond donors (Lipinski definition) is 0. The van der Waals surface area contributed by atoms with Crippen molar-refractivity contribution in [2.24, 2.45) is 5.92 Å². The summed E-state index contributed by atoms with van der Waals surface area (Å²) in [6, 6.07) is 6.22. The standard InChI is InChI=1S/C14H15N3O4/c1-21-14(18)11-3-2-6-16(9-11)13-7-10(8-15)4-5-12(13)17(19)20/h4-5,7,11H,2-3,6,9H2,1H3. The Labute approximate surface area is 121 Å². The Morgan fingerprint density at radius 2 is 2.33 bits per heavy atom. The quantitative estimate of drug-likeness (QED) is 0.478. The van der Waals surface area contributed by atoms with Crippen LogP contribution in [0.2, 0.25) is 0 Å². The highest BCUT2D eigenvalue weighted by molar-refractivity contribution is 5.74. The van der Waals surface area contributed by atoms with Crippen LogP contribution in [0.15, 0.2) is 18.2 Å². The fourth-order valence-electron chi connectivity index (χ4n) is 2.56. The fourth-order valence-corrected chi connectivity index (χ4v) is 2.56. The van der Waals surface area contributed by atoms with Gasteiger partial charge < -0.3 is 9.64 Å². The van der Waals surface area contributed by atoms with Gasteiger partial charge in [-0.05, 0) is 25.0 Å². The van der Waals surface area contributed by atoms with Gasteiger partial charge in [0.15, 0.2) is 0 Å². The summed E-state index contributed by atoms with van der Waals surface area (Å²) in [5.41, 5.74) is 0.683. The van der Waals surface area contributed by atoms with E-state index < -0.39 is 4.92 Å². The van der Waals surface area contributed by atoms with Gasteiger partial charge in [-0.15, -0.1) is 0 Å². The highest BCUT2D eigenvalue weighted by Gasteiger charge is 2.29. The number of carbonyl (C=O) groups excluding carboxylic acids is 1. The van der Waals surface area contributed by atoms with Crippen molar-refractivity contribution < 1.29 is 14.5 Å². The first-order valence-corrected chi connectivity index (χ1v) is 6.58. The van der Waals surface area contributed by atoms with E-state index in [0.29, 0.717) is 30.8 Å². The molecule has 1 unspecified atom stereocenters. The van der Waals surface area contributed by atoms with Gasteiger partial charge in [-0.25, -0.2) is 0 Å². The van der Waals surface area contributed by atoms with E-state index in [9.17, 15) is 14.9 Å². The van der Waals surface area contributed by atoms with Crippen molar-refractivity contribution in [1.29, 1.82) is 5.26 Å². The molecule has 110 valence electrons. The van der Waals surface area contributed by atoms with E-state index in [1.807, 2.05) is 6.07 Å². The van der Waals surface area contributed by atoms with E-state index >= 15 is 0 Å². The van der Waals surface area contributed by atoms with Crippen LogP contribution in [0.5, 0.6) is 0 Å². The molecule has 1 aliphatic rings. The van der Waals surface area contributed by atoms with Crippen LogP contribution in [-0.2, 0) is 9.53 Å². The Balaban J connectivity index is 2.33. The maximum absolute atomic E-state index is 11.7. The molecule has 0 bridgehead atoms. The molecular formula is C14H15N3O4. The molecule has 7 heteroatoms. The number of nitro groups is 1. The summed E-state index contributed by atoms with van der Waals surface area (Å²) in [6.45, 7) is 0.978. The second kappa shape index (κ2) is 6.22. The van der Waals surface area contributed by atoms with Gasteiger partial charge in [0.2, 0.25) is 0 Å². The van der Waals surface area contributed by atoms with Gasteiger partial charge in [0.05, 0.1) is 29.6 Å². The van der Waals surface area contributed by atoms with Gasteiger partial charge in [-0.3, -0.25) is 14.9 Å². The molecule has 1 heterocycles. The number of hydrogen-bond acceptors (Lipinski definition) is 6. The Bertz CT molecular complexity index is 609. The lowest BCUT2D eigenvalue weighted by atomic mass is 9.97. The molecule has 0 amide bonds. The molecule has 0 saturated carbocycles. The number of nitriles is 1. The summed E-state index contributed by atoms with van der Waals surface area (Å²) < 4.78 is 4.74. The minimum Gasteiger partial charge on any atom is -0.469 e. The van der Waals surface area contributed by atoms with E-state index in [-0.39, 0.29) is 17.6 Å². The number of benzene rings is 1. The normalized spacial score (nSPS) is 17.9. The van der Waals surface area contributed by atoms with Gasteiger partial charge in [-0.2, -0.15) is 5.26 Å². The number of anilines is 1. The molecule has 0 N–H and O–H groups in total. The maximum Gasteiger partial charge on any atom is 0.310 e. The van der Waals surface area contributed by atoms with Crippen LogP contribution >= 0.6 is 0 Å². The van der Waals surface area contributed by atoms with Crippen LogP contribution in [0.4, 0.5) is 11.4 Å². The third-order valence-corrected chi connectivity index (χ3v) is 3.60. The number of methoxy groups -OCH3 is 1. The highest BCUT2D eigenvalue weighted by Crippen LogP contribution is 2.32. The average molecular weight is 289 g/mol. The Morgan fingerprint density at radius 3 is 2.95 bits per heavy atom. The molecule has 21 heavy (non-hydrogen) atoms. The van der Waals surface area contributed by atoms with E-state index in [0.717, 1.165) is 6.42 Å². The van der Waals surface area contributed by atoms with Crippen LogP contribution in [0.3, 0.4) is 0 Å². The molecule has 1 aromatic carbocycles. The first-order valence-electron chi connectivity index (χ1n) is 6.58. The summed E-state index contributed by atoms with van der Waals surface area (Å²) in [7, 11) is 1.33. The maximum atomic E-state index is 11.7. The van der Waals surface area contributed by atoms with E-state index in [4.69, 9.17) is 10.00 Å². The largest absolute Gasteiger partial charge is 0.469 e. The number of nitro benzene ring substituents is 1. The number of ether oxygens (including phenoxy) is 1. The number of rotatable bonds is 3. The topological polar surface area (TPSA) is 96.5 Å². The molecule has 1 saturated heterocycles. The minimum atomic E-state index is -0.474. The Kier molecular flexibility index (Phi) is 4.38. The molecule has 0 radical (unpaired) electrons. The van der Waals surface area contributed by atoms with E-state index in [1.54, 1.807) is 4.90 Å². The third-order valence-electron chi connectivity index (χ3n) is 3.60. The summed E-state index contributed by atoms with van der Waals surface area (Å²) in [6.07, 6.45) is 1.45. The Hall–Kier alpha value is -2.62. The molecule has 1 atom stereocenters. The summed E-state index contributed by atoms with van der Waals surface area (Å²) in [4.78, 5) is 24.1. The molecule has 1 aliphatic heterocycles. The van der Waals surface area contributed by atoms with Crippen molar-refractivity contribution >= 4 is 17.3 Å². The van der Waals surface area contributed by atoms with Crippen LogP contribution in [0.25, 0.3) is 0 Å². The molecule has 2 rings (SSSR count). The molecular weight excluding hydrogens is 274 g/mol. The van der Waals surface area contributed by atoms with Gasteiger partial charge >= 0.3 is 5.97 Å². The monoisotopic (exact) mass is 289 g/mol. The van der Waals surface area contributed by atoms with E-state index in [2.05, 4.69) is 0 Å². The molecule has 1 aromatic rings. The average Bonchev–Trinajstić information content (AvgIpc) is 2.53. The number of piperidine rings is 1. The zero-order chi connectivity index (χ0) is 15.4. The number of carbonyl (C=O) groups is 1. The number of nitrogens with zero attached hydrogens (tertiary/aromatic N) is 3. The van der Waals surface area contributed by atoms with Gasteiger partial charge in [0, 0.05) is 19.2 Å². The summed E-state index contributed by atoms with van der Waals surface area (Å²) in [5, 5.41) is 20.1. The second-order valence-electron chi connectivity index (χ2n) is 4.88. The molecule has 1 fully saturated rings. The molecule has 7 nitrogen and oxygen atoms in total. The summed E-state index contributed by atoms with van der Waals surface area (Å²) in [5.74, 6) is -0.604. The zero-order valence-corrected chi connectivity index (χ0v) is 11.6. The van der Waals surface area contributed by atoms with Gasteiger partial charge in [0.1, 0.15) is 5.69 Å². The van der Waals surface area contributed by atoms with Crippen molar-refractivity contribution in [1.82, 2.24) is 0 Å². The lowest BCUT2D eigenvalue weighted by Crippen LogP contribution is -2.39. The third kappa shape index (κ3) is 3.11. The van der Waals surface area contributed by atoms with Crippen molar-refractivity contribution in [2.75, 3.05) is 25.1 Å². The van der Waals surface area contributed by atoms with Crippen LogP contribution in [0, 0.1) is 27.4 Å². The Morgan fingerprint density at radius 1 is 1.57 bits per heavy atom. The predicted molar refractivity (Wildman–Crippen MR) is 74.8 cm³/mol. The van der Waals surface area contributed by atoms with Crippen molar-refractivity contribution in [3.63, 3.8) is 0 Å². The smallest absolute Gasteiger partial charge is 0.310 e. The first kappa shape index (κ1) is 14.8. The fraction of sp³-hybridized carbons (Fsp3) is 0.429. The van der Waals surface area contributed by atoms with Crippen LogP contribution in [-0.4, -0.2) is 31.1 Å². The van der Waals surface area contributed by atoms with E-state index in [1.165, 1.54) is 25.3 Å². The molecule has 0 spiro atoms. The lowest BCUT2D eigenvalue weighted by molar-refractivity contribution is -0.384. The van der Waals surface area contributed by atoms with Crippen LogP contribution in [0.1, 0.15) is 18.4 Å². The summed E-state index contributed by atoms with van der Waals surface area (Å²) >= 11 is 0. The van der Waals surface area contributed by atoms with Crippen LogP contribution < -0.4 is 4.90 Å². The SMILES string of the molecule is COC(=O)C1CCCN(c2cc(C#N)ccc2[N+](=O)[O-])C1. The molecule has 0 aliphatic carbocycles. The first-order chi connectivity index (χ1) is 10.1. The second-order valence-corrected chi connectivity index (χ2v) is 4.88. The lowest BCUT2D eigenvalue weighted by Gasteiger charge is -2.32. The van der Waals surface area contributed by atoms with Gasteiger partial charge in [-0.1, -0.05) is 0 Å². The van der Waals surface area contributed by atoms with Gasteiger partial charge in [0.25, 0.3) is 5.69 Å². The highest BCUT2D eigenvalue weighted by atomic mass is 16.6. The zero-order valence-electron chi connectivity index (χ0n) is 11.6. The van der Waals surface area contributed by atoms with Crippen molar-refractivity contribution in [3.8, 4) is 6.07 Å².